The molecule has 1 amide bonds. The van der Waals surface area contributed by atoms with Crippen LogP contribution in [0.25, 0.3) is 43.4 Å². The van der Waals surface area contributed by atoms with Crippen LogP contribution in [0.2, 0.25) is 0 Å². The summed E-state index contributed by atoms with van der Waals surface area (Å²) in [7, 11) is 1.61. The number of fused-ring (bicyclic) bond motifs is 3. The van der Waals surface area contributed by atoms with E-state index in [9.17, 15) is 18.0 Å². The molecule has 4 nitrogen and oxygen atoms in total. The molecular weight excluding hydrogens is 525 g/mol. The molecule has 0 aliphatic carbocycles. The van der Waals surface area contributed by atoms with Crippen molar-refractivity contribution in [2.45, 2.75) is 19.1 Å². The first-order chi connectivity index (χ1) is 19.7. The number of hydrogen-bond acceptors (Lipinski definition) is 3. The van der Waals surface area contributed by atoms with Gasteiger partial charge in [-0.05, 0) is 106 Å². The van der Waals surface area contributed by atoms with E-state index in [1.165, 1.54) is 12.1 Å². The number of nitrogens with zero attached hydrogens (tertiary/aromatic N) is 1. The lowest BCUT2D eigenvalue weighted by molar-refractivity contribution is -0.137. The first-order valence-electron chi connectivity index (χ1n) is 13.1. The molecule has 1 aromatic heterocycles. The first kappa shape index (κ1) is 26.3. The second-order valence-electron chi connectivity index (χ2n) is 9.97. The van der Waals surface area contributed by atoms with E-state index >= 15 is 0 Å². The number of rotatable bonds is 5. The average molecular weight is 551 g/mol. The average Bonchev–Trinajstić information content (AvgIpc) is 2.98. The van der Waals surface area contributed by atoms with Gasteiger partial charge < -0.3 is 10.1 Å². The van der Waals surface area contributed by atoms with Crippen molar-refractivity contribution in [2.75, 3.05) is 7.11 Å². The fourth-order valence-corrected chi connectivity index (χ4v) is 5.31. The number of amides is 1. The molecule has 1 N–H and O–H groups in total. The number of alkyl halides is 3. The van der Waals surface area contributed by atoms with E-state index in [2.05, 4.69) is 10.3 Å². The SMILES string of the molecule is COc1cccc2cc3cc4cc(C(=O)NC(C)c5ccccn5)ccc4c(-c4ccc(C(F)(F)F)cc4)c3cc12. The van der Waals surface area contributed by atoms with Crippen LogP contribution in [0.3, 0.4) is 0 Å². The molecule has 0 fully saturated rings. The largest absolute Gasteiger partial charge is 0.496 e. The molecule has 6 aromatic rings. The van der Waals surface area contributed by atoms with E-state index in [-0.39, 0.29) is 11.9 Å². The van der Waals surface area contributed by atoms with Crippen molar-refractivity contribution in [1.82, 2.24) is 10.3 Å². The molecule has 1 heterocycles. The molecule has 1 unspecified atom stereocenters. The van der Waals surface area contributed by atoms with Gasteiger partial charge in [-0.15, -0.1) is 0 Å². The lowest BCUT2D eigenvalue weighted by Gasteiger charge is -2.17. The Hall–Kier alpha value is -4.91. The van der Waals surface area contributed by atoms with Gasteiger partial charge in [-0.3, -0.25) is 9.78 Å². The van der Waals surface area contributed by atoms with E-state index in [4.69, 9.17) is 4.74 Å². The van der Waals surface area contributed by atoms with Crippen molar-refractivity contribution in [1.29, 1.82) is 0 Å². The summed E-state index contributed by atoms with van der Waals surface area (Å²) in [6.45, 7) is 1.87. The fourth-order valence-electron chi connectivity index (χ4n) is 5.31. The monoisotopic (exact) mass is 550 g/mol. The molecule has 41 heavy (non-hydrogen) atoms. The van der Waals surface area contributed by atoms with Gasteiger partial charge >= 0.3 is 6.18 Å². The first-order valence-corrected chi connectivity index (χ1v) is 13.1. The van der Waals surface area contributed by atoms with Gasteiger partial charge in [0.15, 0.2) is 0 Å². The van der Waals surface area contributed by atoms with Crippen LogP contribution in [0.4, 0.5) is 13.2 Å². The zero-order valence-corrected chi connectivity index (χ0v) is 22.3. The van der Waals surface area contributed by atoms with Crippen molar-refractivity contribution in [2.24, 2.45) is 0 Å². The predicted octanol–water partition coefficient (Wildman–Crippen LogP) is 8.73. The van der Waals surface area contributed by atoms with Gasteiger partial charge in [-0.2, -0.15) is 13.2 Å². The molecule has 0 bridgehead atoms. The molecule has 204 valence electrons. The minimum atomic E-state index is -4.43. The highest BCUT2D eigenvalue weighted by atomic mass is 19.4. The topological polar surface area (TPSA) is 51.2 Å². The highest BCUT2D eigenvalue weighted by molar-refractivity contribution is 6.17. The van der Waals surface area contributed by atoms with Crippen molar-refractivity contribution in [3.8, 4) is 16.9 Å². The second-order valence-corrected chi connectivity index (χ2v) is 9.97. The van der Waals surface area contributed by atoms with Crippen molar-refractivity contribution in [3.63, 3.8) is 0 Å². The fraction of sp³-hybridized carbons (Fsp3) is 0.118. The van der Waals surface area contributed by atoms with Crippen LogP contribution in [0, 0.1) is 0 Å². The smallest absolute Gasteiger partial charge is 0.416 e. The Labute approximate surface area is 234 Å². The number of halogens is 3. The maximum absolute atomic E-state index is 13.3. The minimum Gasteiger partial charge on any atom is -0.496 e. The maximum Gasteiger partial charge on any atom is 0.416 e. The number of carbonyl (C=O) groups is 1. The number of nitrogens with one attached hydrogen (secondary N) is 1. The lowest BCUT2D eigenvalue weighted by atomic mass is 9.89. The van der Waals surface area contributed by atoms with E-state index < -0.39 is 11.7 Å². The van der Waals surface area contributed by atoms with Gasteiger partial charge in [0, 0.05) is 17.1 Å². The third-order valence-corrected chi connectivity index (χ3v) is 7.37. The van der Waals surface area contributed by atoms with Crippen molar-refractivity contribution in [3.05, 3.63) is 120 Å². The number of carbonyl (C=O) groups excluding carboxylic acids is 1. The molecule has 0 aliphatic rings. The van der Waals surface area contributed by atoms with E-state index in [0.29, 0.717) is 16.9 Å². The van der Waals surface area contributed by atoms with Crippen LogP contribution >= 0.6 is 0 Å². The van der Waals surface area contributed by atoms with E-state index in [1.807, 2.05) is 73.7 Å². The number of pyridine rings is 1. The third-order valence-electron chi connectivity index (χ3n) is 7.37. The molecule has 0 radical (unpaired) electrons. The molecule has 0 spiro atoms. The van der Waals surface area contributed by atoms with E-state index in [0.717, 1.165) is 55.7 Å². The van der Waals surface area contributed by atoms with Gasteiger partial charge in [0.05, 0.1) is 24.4 Å². The van der Waals surface area contributed by atoms with Crippen LogP contribution in [0.5, 0.6) is 5.75 Å². The molecule has 0 aliphatic heterocycles. The van der Waals surface area contributed by atoms with Crippen LogP contribution in [-0.4, -0.2) is 18.0 Å². The van der Waals surface area contributed by atoms with Crippen molar-refractivity contribution < 1.29 is 22.7 Å². The minimum absolute atomic E-state index is 0.246. The summed E-state index contributed by atoms with van der Waals surface area (Å²) in [5, 5.41) is 8.24. The number of methoxy groups -OCH3 is 1. The molecule has 7 heteroatoms. The summed E-state index contributed by atoms with van der Waals surface area (Å²) in [6.07, 6.45) is -2.75. The summed E-state index contributed by atoms with van der Waals surface area (Å²) >= 11 is 0. The summed E-state index contributed by atoms with van der Waals surface area (Å²) in [6, 6.07) is 27.7. The normalized spacial score (nSPS) is 12.5. The Bertz CT molecular complexity index is 1920. The van der Waals surface area contributed by atoms with Gasteiger partial charge in [-0.1, -0.05) is 36.4 Å². The Morgan fingerprint density at radius 2 is 1.56 bits per heavy atom. The van der Waals surface area contributed by atoms with Crippen LogP contribution < -0.4 is 10.1 Å². The quantitative estimate of drug-likeness (QED) is 0.218. The summed E-state index contributed by atoms with van der Waals surface area (Å²) in [5.41, 5.74) is 1.94. The predicted molar refractivity (Wildman–Crippen MR) is 156 cm³/mol. The lowest BCUT2D eigenvalue weighted by Crippen LogP contribution is -2.27. The standard InChI is InChI=1S/C34H25F3N2O2/c1-20(30-7-3-4-15-38-30)39-33(40)23-11-14-27-24(17-23)18-25-16-22-6-5-8-31(41-2)28(22)19-29(25)32(27)21-9-12-26(13-10-21)34(35,36)37/h3-20H,1-2H3,(H,39,40). The van der Waals surface area contributed by atoms with Crippen LogP contribution in [0.15, 0.2) is 103 Å². The molecular formula is C34H25F3N2O2. The summed E-state index contributed by atoms with van der Waals surface area (Å²) in [5.74, 6) is 0.460. The van der Waals surface area contributed by atoms with Crippen LogP contribution in [0.1, 0.15) is 34.6 Å². The Balaban J connectivity index is 1.53. The maximum atomic E-state index is 13.3. The second kappa shape index (κ2) is 10.2. The zero-order valence-electron chi connectivity index (χ0n) is 22.3. The highest BCUT2D eigenvalue weighted by Crippen LogP contribution is 2.41. The van der Waals surface area contributed by atoms with Crippen LogP contribution in [-0.2, 0) is 6.18 Å². The Morgan fingerprint density at radius 1 is 0.805 bits per heavy atom. The molecule has 0 saturated heterocycles. The molecule has 5 aromatic carbocycles. The van der Waals surface area contributed by atoms with E-state index in [1.54, 1.807) is 19.4 Å². The Kier molecular flexibility index (Phi) is 6.58. The summed E-state index contributed by atoms with van der Waals surface area (Å²) in [4.78, 5) is 17.5. The Morgan fingerprint density at radius 3 is 2.27 bits per heavy atom. The van der Waals surface area contributed by atoms with Gasteiger partial charge in [-0.25, -0.2) is 0 Å². The van der Waals surface area contributed by atoms with Crippen molar-refractivity contribution >= 4 is 38.2 Å². The number of benzene rings is 5. The number of hydrogen-bond donors (Lipinski definition) is 1. The third kappa shape index (κ3) is 4.95. The number of aromatic nitrogens is 1. The zero-order chi connectivity index (χ0) is 28.7. The van der Waals surface area contributed by atoms with Gasteiger partial charge in [0.2, 0.25) is 0 Å². The van der Waals surface area contributed by atoms with Gasteiger partial charge in [0.25, 0.3) is 5.91 Å². The molecule has 6 rings (SSSR count). The highest BCUT2D eigenvalue weighted by Gasteiger charge is 2.30. The molecule has 0 saturated carbocycles. The van der Waals surface area contributed by atoms with Gasteiger partial charge in [0.1, 0.15) is 5.75 Å². The summed E-state index contributed by atoms with van der Waals surface area (Å²) < 4.78 is 45.6. The molecule has 1 atom stereocenters. The number of ether oxygens (including phenoxy) is 1.